The van der Waals surface area contributed by atoms with Crippen LogP contribution in [0.3, 0.4) is 0 Å². The van der Waals surface area contributed by atoms with E-state index in [1.54, 1.807) is 0 Å². The number of hydrogen-bond acceptors (Lipinski definition) is 4. The lowest BCUT2D eigenvalue weighted by atomic mass is 10.2. The summed E-state index contributed by atoms with van der Waals surface area (Å²) in [6.07, 6.45) is 0. The summed E-state index contributed by atoms with van der Waals surface area (Å²) in [6.45, 7) is 0. The van der Waals surface area contributed by atoms with Crippen molar-refractivity contribution in [3.63, 3.8) is 0 Å². The van der Waals surface area contributed by atoms with E-state index in [1.807, 2.05) is 0 Å². The zero-order chi connectivity index (χ0) is 14.0. The van der Waals surface area contributed by atoms with Crippen molar-refractivity contribution >= 4 is 23.8 Å². The van der Waals surface area contributed by atoms with Gasteiger partial charge in [-0.2, -0.15) is 0 Å². The molecule has 0 saturated heterocycles. The molecule has 19 heavy (non-hydrogen) atoms. The van der Waals surface area contributed by atoms with Gasteiger partial charge in [0.25, 0.3) is 11.5 Å². The van der Waals surface area contributed by atoms with Gasteiger partial charge in [-0.15, -0.1) is 0 Å². The molecule has 0 fully saturated rings. The van der Waals surface area contributed by atoms with Crippen molar-refractivity contribution in [2.45, 2.75) is 0 Å². The summed E-state index contributed by atoms with van der Waals surface area (Å²) in [6, 6.07) is 5.44. The van der Waals surface area contributed by atoms with Crippen LogP contribution in [0.5, 0.6) is 5.88 Å². The SMILES string of the molecule is O=C(Nc1ccccc1F)c1c(O)[nH]c(=S)[nH]c1=O. The highest BCUT2D eigenvalue weighted by Crippen LogP contribution is 2.15. The van der Waals surface area contributed by atoms with Crippen LogP contribution in [0.15, 0.2) is 29.1 Å². The second-order valence-corrected chi connectivity index (χ2v) is 3.97. The lowest BCUT2D eigenvalue weighted by molar-refractivity contribution is 0.102. The van der Waals surface area contributed by atoms with Crippen molar-refractivity contribution in [3.05, 3.63) is 50.8 Å². The Labute approximate surface area is 110 Å². The second kappa shape index (κ2) is 5.02. The van der Waals surface area contributed by atoms with E-state index in [0.717, 1.165) is 6.07 Å². The van der Waals surface area contributed by atoms with Crippen molar-refractivity contribution in [2.75, 3.05) is 5.32 Å². The maximum Gasteiger partial charge on any atom is 0.268 e. The third kappa shape index (κ3) is 2.68. The van der Waals surface area contributed by atoms with E-state index >= 15 is 0 Å². The number of anilines is 1. The molecule has 0 radical (unpaired) electrons. The van der Waals surface area contributed by atoms with Crippen LogP contribution in [-0.4, -0.2) is 21.0 Å². The first-order valence-corrected chi connectivity index (χ1v) is 5.51. The number of aromatic hydroxyl groups is 1. The summed E-state index contributed by atoms with van der Waals surface area (Å²) in [5.41, 5.74) is -1.54. The molecule has 1 heterocycles. The molecule has 2 rings (SSSR count). The monoisotopic (exact) mass is 281 g/mol. The normalized spacial score (nSPS) is 10.2. The topological polar surface area (TPSA) is 98.0 Å². The van der Waals surface area contributed by atoms with Crippen LogP contribution in [0.2, 0.25) is 0 Å². The Morgan fingerprint density at radius 1 is 1.32 bits per heavy atom. The number of hydrogen-bond donors (Lipinski definition) is 4. The van der Waals surface area contributed by atoms with Gasteiger partial charge in [-0.25, -0.2) is 4.39 Å². The molecule has 4 N–H and O–H groups in total. The van der Waals surface area contributed by atoms with Crippen LogP contribution < -0.4 is 10.9 Å². The van der Waals surface area contributed by atoms with Gasteiger partial charge >= 0.3 is 0 Å². The third-order valence-corrected chi connectivity index (χ3v) is 2.48. The molecular formula is C11H8FN3O3S. The Morgan fingerprint density at radius 3 is 2.63 bits per heavy atom. The zero-order valence-corrected chi connectivity index (χ0v) is 10.2. The summed E-state index contributed by atoms with van der Waals surface area (Å²) < 4.78 is 13.2. The van der Waals surface area contributed by atoms with Crippen molar-refractivity contribution in [1.82, 2.24) is 9.97 Å². The standard InChI is InChI=1S/C11H8FN3O3S/c12-5-3-1-2-4-6(5)13-8(16)7-9(17)14-11(19)15-10(7)18/h1-4H,(H,13,16)(H3,14,15,17,18,19). The van der Waals surface area contributed by atoms with Gasteiger partial charge in [-0.05, 0) is 24.4 Å². The molecule has 6 nitrogen and oxygen atoms in total. The van der Waals surface area contributed by atoms with E-state index in [4.69, 9.17) is 0 Å². The minimum atomic E-state index is -0.949. The summed E-state index contributed by atoms with van der Waals surface area (Å²) in [7, 11) is 0. The third-order valence-electron chi connectivity index (χ3n) is 2.27. The van der Waals surface area contributed by atoms with Crippen molar-refractivity contribution in [1.29, 1.82) is 0 Å². The largest absolute Gasteiger partial charge is 0.494 e. The Morgan fingerprint density at radius 2 is 2.00 bits per heavy atom. The quantitative estimate of drug-likeness (QED) is 0.627. The molecule has 1 amide bonds. The number of nitrogens with one attached hydrogen (secondary N) is 3. The second-order valence-electron chi connectivity index (χ2n) is 3.57. The number of amides is 1. The fourth-order valence-electron chi connectivity index (χ4n) is 1.43. The van der Waals surface area contributed by atoms with E-state index in [-0.39, 0.29) is 10.5 Å². The van der Waals surface area contributed by atoms with Gasteiger partial charge in [-0.1, -0.05) is 12.1 Å². The maximum atomic E-state index is 13.3. The van der Waals surface area contributed by atoms with Crippen molar-refractivity contribution in [3.8, 4) is 5.88 Å². The summed E-state index contributed by atoms with van der Waals surface area (Å²) in [5.74, 6) is -2.28. The van der Waals surface area contributed by atoms with Crippen LogP contribution in [0.4, 0.5) is 10.1 Å². The first-order chi connectivity index (χ1) is 8.99. The number of H-pyrrole nitrogens is 2. The van der Waals surface area contributed by atoms with Gasteiger partial charge in [0.2, 0.25) is 5.88 Å². The maximum absolute atomic E-state index is 13.3. The van der Waals surface area contributed by atoms with E-state index in [0.29, 0.717) is 0 Å². The number of rotatable bonds is 2. The zero-order valence-electron chi connectivity index (χ0n) is 9.36. The van der Waals surface area contributed by atoms with Crippen LogP contribution in [-0.2, 0) is 0 Å². The molecule has 0 atom stereocenters. The average Bonchev–Trinajstić information content (AvgIpc) is 2.30. The van der Waals surface area contributed by atoms with Crippen LogP contribution in [0, 0.1) is 10.6 Å². The average molecular weight is 281 g/mol. The number of aromatic nitrogens is 2. The van der Waals surface area contributed by atoms with Gasteiger partial charge < -0.3 is 15.4 Å². The lowest BCUT2D eigenvalue weighted by Crippen LogP contribution is -2.24. The highest BCUT2D eigenvalue weighted by Gasteiger charge is 2.18. The highest BCUT2D eigenvalue weighted by molar-refractivity contribution is 7.71. The molecule has 1 aromatic carbocycles. The van der Waals surface area contributed by atoms with Gasteiger partial charge in [0.15, 0.2) is 10.3 Å². The number of para-hydroxylation sites is 1. The fraction of sp³-hybridized carbons (Fsp3) is 0. The molecule has 2 aromatic rings. The fourth-order valence-corrected chi connectivity index (χ4v) is 1.62. The van der Waals surface area contributed by atoms with Gasteiger partial charge in [0.05, 0.1) is 5.69 Å². The van der Waals surface area contributed by atoms with E-state index in [1.165, 1.54) is 18.2 Å². The van der Waals surface area contributed by atoms with E-state index in [2.05, 4.69) is 27.5 Å². The summed E-state index contributed by atoms with van der Waals surface area (Å²) in [4.78, 5) is 27.7. The minimum Gasteiger partial charge on any atom is -0.494 e. The highest BCUT2D eigenvalue weighted by atomic mass is 32.1. The molecular weight excluding hydrogens is 273 g/mol. The van der Waals surface area contributed by atoms with Crippen LogP contribution in [0.1, 0.15) is 10.4 Å². The van der Waals surface area contributed by atoms with Gasteiger partial charge in [0, 0.05) is 0 Å². The smallest absolute Gasteiger partial charge is 0.268 e. The molecule has 0 saturated carbocycles. The molecule has 0 unspecified atom stereocenters. The Bertz CT molecular complexity index is 753. The van der Waals surface area contributed by atoms with Crippen LogP contribution in [0.25, 0.3) is 0 Å². The predicted octanol–water partition coefficient (Wildman–Crippen LogP) is 1.53. The van der Waals surface area contributed by atoms with Gasteiger partial charge in [0.1, 0.15) is 5.82 Å². The first-order valence-electron chi connectivity index (χ1n) is 5.10. The molecule has 0 spiro atoms. The molecule has 98 valence electrons. The van der Waals surface area contributed by atoms with Crippen LogP contribution >= 0.6 is 12.2 Å². The van der Waals surface area contributed by atoms with E-state index in [9.17, 15) is 19.1 Å². The number of benzene rings is 1. The molecule has 0 aliphatic rings. The molecule has 1 aromatic heterocycles. The summed E-state index contributed by atoms with van der Waals surface area (Å²) in [5, 5.41) is 11.7. The predicted molar refractivity (Wildman–Crippen MR) is 68.3 cm³/mol. The van der Waals surface area contributed by atoms with Gasteiger partial charge in [-0.3, -0.25) is 14.6 Å². The number of halogens is 1. The molecule has 8 heteroatoms. The number of aromatic amines is 2. The Kier molecular flexibility index (Phi) is 3.43. The molecule has 0 aliphatic heterocycles. The Balaban J connectivity index is 2.39. The Hall–Kier alpha value is -2.48. The summed E-state index contributed by atoms with van der Waals surface area (Å²) >= 11 is 4.62. The molecule has 0 bridgehead atoms. The van der Waals surface area contributed by atoms with E-state index < -0.39 is 28.7 Å². The first kappa shape index (κ1) is 13.0. The minimum absolute atomic E-state index is 0.103. The number of carbonyl (C=O) groups is 1. The molecule has 0 aliphatic carbocycles. The number of carbonyl (C=O) groups excluding carboxylic acids is 1. The van der Waals surface area contributed by atoms with Crippen molar-refractivity contribution < 1.29 is 14.3 Å². The van der Waals surface area contributed by atoms with Crippen molar-refractivity contribution in [2.24, 2.45) is 0 Å². The lowest BCUT2D eigenvalue weighted by Gasteiger charge is -2.06.